The topological polar surface area (TPSA) is 42.0 Å². The fraction of sp³-hybridized carbons (Fsp3) is 0.250. The molecule has 1 amide bonds. The van der Waals surface area contributed by atoms with Crippen LogP contribution in [0.3, 0.4) is 0 Å². The Morgan fingerprint density at radius 1 is 0.963 bits per heavy atom. The molecule has 1 heterocycles. The van der Waals surface area contributed by atoms with Gasteiger partial charge in [0, 0.05) is 18.0 Å². The van der Waals surface area contributed by atoms with Gasteiger partial charge in [0.25, 0.3) is 0 Å². The number of carbonyl (C=O) groups is 1. The summed E-state index contributed by atoms with van der Waals surface area (Å²) in [4.78, 5) is 17.8. The minimum absolute atomic E-state index is 0.0536. The number of nitrogens with zero attached hydrogens (tertiary/aromatic N) is 1. The van der Waals surface area contributed by atoms with Crippen LogP contribution in [0.25, 0.3) is 0 Å². The van der Waals surface area contributed by atoms with Gasteiger partial charge in [-0.1, -0.05) is 54.6 Å². The predicted octanol–water partition coefficient (Wildman–Crippen LogP) is 5.02. The highest BCUT2D eigenvalue weighted by molar-refractivity contribution is 5.96. The van der Waals surface area contributed by atoms with E-state index in [0.717, 1.165) is 12.0 Å². The maximum absolute atomic E-state index is 13.4. The number of aryl methyl sites for hydroxylation is 1. The average Bonchev–Trinajstić information content (AvgIpc) is 2.70. The fourth-order valence-corrected chi connectivity index (χ4v) is 4.99. The minimum Gasteiger partial charge on any atom is -0.310 e. The van der Waals surface area contributed by atoms with Gasteiger partial charge in [-0.25, -0.2) is 4.98 Å². The van der Waals surface area contributed by atoms with E-state index in [0.29, 0.717) is 5.82 Å². The van der Waals surface area contributed by atoms with Crippen LogP contribution in [0.4, 0.5) is 5.82 Å². The van der Waals surface area contributed by atoms with Gasteiger partial charge in [-0.05, 0) is 54.2 Å². The highest BCUT2D eigenvalue weighted by atomic mass is 16.2. The molecule has 134 valence electrons. The number of rotatable bonds is 2. The Morgan fingerprint density at radius 2 is 1.56 bits per heavy atom. The fourth-order valence-electron chi connectivity index (χ4n) is 4.99. The Morgan fingerprint density at radius 3 is 2.11 bits per heavy atom. The number of pyridine rings is 1. The molecule has 0 spiro atoms. The quantitative estimate of drug-likeness (QED) is 0.702. The van der Waals surface area contributed by atoms with Crippen molar-refractivity contribution in [3.8, 4) is 0 Å². The van der Waals surface area contributed by atoms with Gasteiger partial charge < -0.3 is 5.32 Å². The molecule has 1 unspecified atom stereocenters. The van der Waals surface area contributed by atoms with Crippen LogP contribution in [0.1, 0.15) is 53.0 Å². The van der Waals surface area contributed by atoms with E-state index in [1.54, 1.807) is 6.20 Å². The normalized spacial score (nSPS) is 24.8. The number of amides is 1. The zero-order chi connectivity index (χ0) is 18.6. The molecule has 0 aliphatic heterocycles. The van der Waals surface area contributed by atoms with Crippen LogP contribution < -0.4 is 5.32 Å². The Labute approximate surface area is 159 Å². The van der Waals surface area contributed by atoms with E-state index in [2.05, 4.69) is 65.8 Å². The first-order valence-corrected chi connectivity index (χ1v) is 9.50. The molecule has 3 aliphatic carbocycles. The van der Waals surface area contributed by atoms with Crippen molar-refractivity contribution in [1.29, 1.82) is 0 Å². The van der Waals surface area contributed by atoms with Crippen molar-refractivity contribution in [2.45, 2.75) is 32.1 Å². The average molecular weight is 354 g/mol. The monoisotopic (exact) mass is 354 g/mol. The molecule has 0 saturated heterocycles. The number of nitrogens with one attached hydrogen (secondary N) is 1. The Bertz CT molecular complexity index is 993. The Kier molecular flexibility index (Phi) is 3.48. The smallest absolute Gasteiger partial charge is 0.232 e. The first-order valence-electron chi connectivity index (χ1n) is 9.50. The number of hydrogen-bond donors (Lipinski definition) is 1. The van der Waals surface area contributed by atoms with E-state index < -0.39 is 5.41 Å². The van der Waals surface area contributed by atoms with Crippen LogP contribution in [0.15, 0.2) is 66.9 Å². The molecule has 0 saturated carbocycles. The molecular weight excluding hydrogens is 332 g/mol. The second kappa shape index (κ2) is 5.78. The maximum Gasteiger partial charge on any atom is 0.232 e. The Balaban J connectivity index is 1.59. The van der Waals surface area contributed by atoms with Crippen molar-refractivity contribution in [3.63, 3.8) is 0 Å². The van der Waals surface area contributed by atoms with Crippen molar-refractivity contribution in [1.82, 2.24) is 4.98 Å². The van der Waals surface area contributed by atoms with E-state index in [1.165, 1.54) is 22.3 Å². The molecule has 6 rings (SSSR count). The zero-order valence-corrected chi connectivity index (χ0v) is 15.6. The van der Waals surface area contributed by atoms with E-state index in [4.69, 9.17) is 0 Å². The molecular formula is C24H22N2O. The van der Waals surface area contributed by atoms with Gasteiger partial charge in [-0.2, -0.15) is 0 Å². The number of benzene rings is 2. The summed E-state index contributed by atoms with van der Waals surface area (Å²) in [5.74, 6) is 1.01. The molecule has 0 radical (unpaired) electrons. The maximum atomic E-state index is 13.4. The van der Waals surface area contributed by atoms with Gasteiger partial charge in [0.05, 0.1) is 5.41 Å². The van der Waals surface area contributed by atoms with Crippen LogP contribution >= 0.6 is 0 Å². The van der Waals surface area contributed by atoms with Crippen molar-refractivity contribution in [3.05, 3.63) is 94.7 Å². The second-order valence-electron chi connectivity index (χ2n) is 8.04. The number of fused-ring (bicyclic) bond motifs is 1. The summed E-state index contributed by atoms with van der Waals surface area (Å²) < 4.78 is 0. The summed E-state index contributed by atoms with van der Waals surface area (Å²) in [6.07, 6.45) is 2.61. The van der Waals surface area contributed by atoms with Crippen molar-refractivity contribution in [2.24, 2.45) is 5.41 Å². The summed E-state index contributed by atoms with van der Waals surface area (Å²) in [5.41, 5.74) is 5.92. The lowest BCUT2D eigenvalue weighted by Gasteiger charge is -2.50. The largest absolute Gasteiger partial charge is 0.310 e. The summed E-state index contributed by atoms with van der Waals surface area (Å²) in [7, 11) is 0. The van der Waals surface area contributed by atoms with Gasteiger partial charge in [0.2, 0.25) is 5.91 Å². The number of anilines is 1. The molecule has 3 heteroatoms. The lowest BCUT2D eigenvalue weighted by Crippen LogP contribution is -2.47. The number of hydrogen-bond acceptors (Lipinski definition) is 2. The molecule has 1 aromatic heterocycles. The van der Waals surface area contributed by atoms with Crippen LogP contribution in [-0.2, 0) is 4.79 Å². The molecule has 3 aromatic rings. The first-order chi connectivity index (χ1) is 13.1. The molecule has 0 fully saturated rings. The van der Waals surface area contributed by atoms with E-state index in [9.17, 15) is 4.79 Å². The second-order valence-corrected chi connectivity index (χ2v) is 8.04. The van der Waals surface area contributed by atoms with Crippen molar-refractivity contribution >= 4 is 11.7 Å². The third-order valence-electron chi connectivity index (χ3n) is 6.30. The molecule has 2 aromatic carbocycles. The van der Waals surface area contributed by atoms with Crippen LogP contribution in [-0.4, -0.2) is 10.9 Å². The lowest BCUT2D eigenvalue weighted by molar-refractivity contribution is -0.126. The number of carbonyl (C=O) groups excluding carboxylic acids is 1. The van der Waals surface area contributed by atoms with E-state index in [1.807, 2.05) is 19.1 Å². The number of aromatic nitrogens is 1. The summed E-state index contributed by atoms with van der Waals surface area (Å²) in [5, 5.41) is 3.08. The van der Waals surface area contributed by atoms with Gasteiger partial charge in [-0.15, -0.1) is 0 Å². The van der Waals surface area contributed by atoms with Gasteiger partial charge >= 0.3 is 0 Å². The van der Waals surface area contributed by atoms with Crippen molar-refractivity contribution < 1.29 is 4.79 Å². The van der Waals surface area contributed by atoms with Gasteiger partial charge in [-0.3, -0.25) is 4.79 Å². The molecule has 27 heavy (non-hydrogen) atoms. The predicted molar refractivity (Wildman–Crippen MR) is 107 cm³/mol. The molecule has 3 aliphatic rings. The lowest BCUT2D eigenvalue weighted by atomic mass is 9.52. The van der Waals surface area contributed by atoms with E-state index in [-0.39, 0.29) is 17.7 Å². The standard InChI is InChI=1S/C24H22N2O/c1-15-11-12-21(25-14-15)26-23(27)24(2)13-20-16-7-3-5-9-18(16)22(24)19-10-6-4-8-17(19)20/h3-12,14,20,22H,13H2,1-2H3,(H,25,26,27). The van der Waals surface area contributed by atoms with Crippen LogP contribution in [0.5, 0.6) is 0 Å². The molecule has 3 nitrogen and oxygen atoms in total. The van der Waals surface area contributed by atoms with Crippen LogP contribution in [0, 0.1) is 12.3 Å². The third-order valence-corrected chi connectivity index (χ3v) is 6.30. The van der Waals surface area contributed by atoms with Crippen molar-refractivity contribution in [2.75, 3.05) is 5.32 Å². The van der Waals surface area contributed by atoms with Gasteiger partial charge in [0.15, 0.2) is 0 Å². The summed E-state index contributed by atoms with van der Waals surface area (Å²) in [6.45, 7) is 4.11. The molecule has 1 N–H and O–H groups in total. The zero-order valence-electron chi connectivity index (χ0n) is 15.6. The Hall–Kier alpha value is -2.94. The first kappa shape index (κ1) is 16.2. The highest BCUT2D eigenvalue weighted by Gasteiger charge is 2.53. The summed E-state index contributed by atoms with van der Waals surface area (Å²) >= 11 is 0. The van der Waals surface area contributed by atoms with E-state index >= 15 is 0 Å². The van der Waals surface area contributed by atoms with Gasteiger partial charge in [0.1, 0.15) is 5.82 Å². The summed E-state index contributed by atoms with van der Waals surface area (Å²) in [6, 6.07) is 21.1. The molecule has 1 atom stereocenters. The minimum atomic E-state index is -0.500. The molecule has 2 bridgehead atoms. The third kappa shape index (κ3) is 2.34. The SMILES string of the molecule is Cc1ccc(NC(=O)C2(C)CC3c4ccccc4C2c2ccccc23)nc1. The highest BCUT2D eigenvalue weighted by Crippen LogP contribution is 2.61. The van der Waals surface area contributed by atoms with Crippen LogP contribution in [0.2, 0.25) is 0 Å².